The highest BCUT2D eigenvalue weighted by Crippen LogP contribution is 2.31. The Morgan fingerprint density at radius 2 is 2.23 bits per heavy atom. The number of nitrogen functional groups attached to an aromatic ring is 1. The van der Waals surface area contributed by atoms with Gasteiger partial charge in [0.15, 0.2) is 0 Å². The van der Waals surface area contributed by atoms with Gasteiger partial charge in [-0.3, -0.25) is 4.90 Å². The summed E-state index contributed by atoms with van der Waals surface area (Å²) < 4.78 is 5.62. The van der Waals surface area contributed by atoms with Crippen LogP contribution >= 0.6 is 11.8 Å². The number of hydrogen-bond acceptors (Lipinski definition) is 6. The van der Waals surface area contributed by atoms with Gasteiger partial charge in [-0.25, -0.2) is 9.97 Å². The Labute approximate surface area is 134 Å². The molecule has 2 aliphatic rings. The number of thioether (sulfide) groups is 1. The van der Waals surface area contributed by atoms with E-state index >= 15 is 0 Å². The number of nitrogens with two attached hydrogens (primary N) is 1. The summed E-state index contributed by atoms with van der Waals surface area (Å²) >= 11 is 2.03. The minimum absolute atomic E-state index is 0.573. The molecule has 5 nitrogen and oxygen atoms in total. The second kappa shape index (κ2) is 6.02. The van der Waals surface area contributed by atoms with Crippen molar-refractivity contribution in [3.05, 3.63) is 30.1 Å². The maximum atomic E-state index is 6.10. The summed E-state index contributed by atoms with van der Waals surface area (Å²) in [6.07, 6.45) is 1.10. The summed E-state index contributed by atoms with van der Waals surface area (Å²) in [6.45, 7) is 3.59. The van der Waals surface area contributed by atoms with Crippen LogP contribution in [-0.4, -0.2) is 51.7 Å². The summed E-state index contributed by atoms with van der Waals surface area (Å²) in [5.41, 5.74) is 7.03. The highest BCUT2D eigenvalue weighted by atomic mass is 32.2. The van der Waals surface area contributed by atoms with Gasteiger partial charge in [0.1, 0.15) is 11.6 Å². The van der Waals surface area contributed by atoms with Gasteiger partial charge in [0, 0.05) is 35.6 Å². The van der Waals surface area contributed by atoms with Crippen LogP contribution in [-0.2, 0) is 11.3 Å². The SMILES string of the molecule is Nc1nc(CN2CCS[C@H]3COCC[C@H]32)nc2ccccc12. The minimum Gasteiger partial charge on any atom is -0.383 e. The van der Waals surface area contributed by atoms with Crippen molar-refractivity contribution >= 4 is 28.5 Å². The second-order valence-electron chi connectivity index (χ2n) is 5.85. The van der Waals surface area contributed by atoms with Crippen LogP contribution in [0.1, 0.15) is 12.2 Å². The summed E-state index contributed by atoms with van der Waals surface area (Å²) in [6, 6.07) is 8.50. The molecule has 0 saturated carbocycles. The predicted octanol–water partition coefficient (Wildman–Crippen LogP) is 1.92. The van der Waals surface area contributed by atoms with Crippen molar-refractivity contribution in [3.63, 3.8) is 0 Å². The van der Waals surface area contributed by atoms with E-state index in [1.165, 1.54) is 0 Å². The maximum absolute atomic E-state index is 6.10. The van der Waals surface area contributed by atoms with E-state index in [0.29, 0.717) is 17.1 Å². The van der Waals surface area contributed by atoms with E-state index in [9.17, 15) is 0 Å². The smallest absolute Gasteiger partial charge is 0.145 e. The molecule has 0 amide bonds. The molecule has 2 aliphatic heterocycles. The molecular formula is C16H20N4OS. The summed E-state index contributed by atoms with van der Waals surface area (Å²) in [7, 11) is 0. The lowest BCUT2D eigenvalue weighted by molar-refractivity contribution is 0.0343. The number of fused-ring (bicyclic) bond motifs is 2. The molecule has 2 N–H and O–H groups in total. The maximum Gasteiger partial charge on any atom is 0.145 e. The third-order valence-corrected chi connectivity index (χ3v) is 5.77. The molecule has 116 valence electrons. The first kappa shape index (κ1) is 14.2. The molecule has 1 aromatic carbocycles. The Kier molecular flexibility index (Phi) is 3.90. The summed E-state index contributed by atoms with van der Waals surface area (Å²) in [4.78, 5) is 11.7. The zero-order valence-electron chi connectivity index (χ0n) is 12.4. The van der Waals surface area contributed by atoms with Crippen molar-refractivity contribution in [1.29, 1.82) is 0 Å². The van der Waals surface area contributed by atoms with Gasteiger partial charge in [0.2, 0.25) is 0 Å². The number of ether oxygens (including phenoxy) is 1. The van der Waals surface area contributed by atoms with Crippen LogP contribution in [0.5, 0.6) is 0 Å². The lowest BCUT2D eigenvalue weighted by atomic mass is 10.1. The van der Waals surface area contributed by atoms with Crippen LogP contribution in [0.4, 0.5) is 5.82 Å². The summed E-state index contributed by atoms with van der Waals surface area (Å²) in [5, 5.41) is 1.52. The molecule has 2 saturated heterocycles. The van der Waals surface area contributed by atoms with Crippen LogP contribution < -0.4 is 5.73 Å². The number of hydrogen-bond donors (Lipinski definition) is 1. The minimum atomic E-state index is 0.573. The highest BCUT2D eigenvalue weighted by molar-refractivity contribution is 8.00. The van der Waals surface area contributed by atoms with Gasteiger partial charge in [0.25, 0.3) is 0 Å². The first-order valence-electron chi connectivity index (χ1n) is 7.76. The first-order valence-corrected chi connectivity index (χ1v) is 8.80. The van der Waals surface area contributed by atoms with E-state index in [2.05, 4.69) is 9.88 Å². The van der Waals surface area contributed by atoms with E-state index in [4.69, 9.17) is 15.5 Å². The molecule has 22 heavy (non-hydrogen) atoms. The van der Waals surface area contributed by atoms with Gasteiger partial charge in [-0.1, -0.05) is 12.1 Å². The standard InChI is InChI=1S/C16H20N4OS/c17-16-11-3-1-2-4-12(11)18-15(19-16)9-20-6-8-22-14-10-21-7-5-13(14)20/h1-4,13-14H,5-10H2,(H2,17,18,19)/t13-,14+/m1/s1. The monoisotopic (exact) mass is 316 g/mol. The lowest BCUT2D eigenvalue weighted by Gasteiger charge is -2.43. The number of para-hydroxylation sites is 1. The number of aromatic nitrogens is 2. The molecule has 0 aliphatic carbocycles. The second-order valence-corrected chi connectivity index (χ2v) is 7.20. The predicted molar refractivity (Wildman–Crippen MR) is 89.8 cm³/mol. The molecule has 2 aromatic rings. The fraction of sp³-hybridized carbons (Fsp3) is 0.500. The molecule has 0 bridgehead atoms. The third-order valence-electron chi connectivity index (χ3n) is 4.47. The first-order chi connectivity index (χ1) is 10.8. The molecule has 0 radical (unpaired) electrons. The van der Waals surface area contributed by atoms with E-state index < -0.39 is 0 Å². The van der Waals surface area contributed by atoms with Gasteiger partial charge in [-0.15, -0.1) is 0 Å². The van der Waals surface area contributed by atoms with Gasteiger partial charge in [0.05, 0.1) is 18.7 Å². The van der Waals surface area contributed by atoms with E-state index in [-0.39, 0.29) is 0 Å². The summed E-state index contributed by atoms with van der Waals surface area (Å²) in [5.74, 6) is 2.55. The van der Waals surface area contributed by atoms with Crippen molar-refractivity contribution < 1.29 is 4.74 Å². The van der Waals surface area contributed by atoms with E-state index in [1.54, 1.807) is 0 Å². The third kappa shape index (κ3) is 2.66. The fourth-order valence-corrected chi connectivity index (χ4v) is 4.73. The molecular weight excluding hydrogens is 296 g/mol. The largest absolute Gasteiger partial charge is 0.383 e. The molecule has 4 rings (SSSR count). The van der Waals surface area contributed by atoms with Crippen molar-refractivity contribution in [1.82, 2.24) is 14.9 Å². The molecule has 3 heterocycles. The number of nitrogens with zero attached hydrogens (tertiary/aromatic N) is 3. The van der Waals surface area contributed by atoms with Crippen LogP contribution in [0.15, 0.2) is 24.3 Å². The lowest BCUT2D eigenvalue weighted by Crippen LogP contribution is -2.51. The van der Waals surface area contributed by atoms with Gasteiger partial charge < -0.3 is 10.5 Å². The van der Waals surface area contributed by atoms with Gasteiger partial charge in [-0.2, -0.15) is 11.8 Å². The molecule has 2 atom stereocenters. The Bertz CT molecular complexity index is 678. The van der Waals surface area contributed by atoms with Gasteiger partial charge in [-0.05, 0) is 18.6 Å². The van der Waals surface area contributed by atoms with Crippen LogP contribution in [0.2, 0.25) is 0 Å². The highest BCUT2D eigenvalue weighted by Gasteiger charge is 2.34. The van der Waals surface area contributed by atoms with Gasteiger partial charge >= 0.3 is 0 Å². The molecule has 0 spiro atoms. The normalized spacial score (nSPS) is 26.0. The van der Waals surface area contributed by atoms with Crippen LogP contribution in [0.25, 0.3) is 10.9 Å². The average molecular weight is 316 g/mol. The zero-order chi connectivity index (χ0) is 14.9. The van der Waals surface area contributed by atoms with Crippen molar-refractivity contribution in [2.45, 2.75) is 24.3 Å². The molecule has 0 unspecified atom stereocenters. The molecule has 1 aromatic heterocycles. The number of rotatable bonds is 2. The Balaban J connectivity index is 1.59. The topological polar surface area (TPSA) is 64.3 Å². The van der Waals surface area contributed by atoms with E-state index in [1.807, 2.05) is 36.0 Å². The Hall–Kier alpha value is -1.37. The Morgan fingerprint density at radius 3 is 3.18 bits per heavy atom. The van der Waals surface area contributed by atoms with Crippen molar-refractivity contribution in [3.8, 4) is 0 Å². The number of benzene rings is 1. The average Bonchev–Trinajstić information content (AvgIpc) is 2.55. The van der Waals surface area contributed by atoms with E-state index in [0.717, 1.165) is 55.2 Å². The van der Waals surface area contributed by atoms with Crippen LogP contribution in [0.3, 0.4) is 0 Å². The van der Waals surface area contributed by atoms with Crippen molar-refractivity contribution in [2.24, 2.45) is 0 Å². The quantitative estimate of drug-likeness (QED) is 0.913. The van der Waals surface area contributed by atoms with Crippen molar-refractivity contribution in [2.75, 3.05) is 31.2 Å². The zero-order valence-corrected chi connectivity index (χ0v) is 13.3. The number of anilines is 1. The fourth-order valence-electron chi connectivity index (χ4n) is 3.36. The Morgan fingerprint density at radius 1 is 1.32 bits per heavy atom. The van der Waals surface area contributed by atoms with Crippen LogP contribution in [0, 0.1) is 0 Å². The molecule has 6 heteroatoms. The molecule has 2 fully saturated rings.